The van der Waals surface area contributed by atoms with Crippen molar-refractivity contribution in [3.63, 3.8) is 0 Å². The van der Waals surface area contributed by atoms with E-state index in [2.05, 4.69) is 13.5 Å². The first kappa shape index (κ1) is 21.6. The van der Waals surface area contributed by atoms with E-state index >= 15 is 0 Å². The van der Waals surface area contributed by atoms with Crippen LogP contribution in [-0.4, -0.2) is 45.1 Å². The summed E-state index contributed by atoms with van der Waals surface area (Å²) in [6, 6.07) is 0. The van der Waals surface area contributed by atoms with E-state index in [1.54, 1.807) is 0 Å². The monoisotopic (exact) mass is 348 g/mol. The average Bonchev–Trinajstić information content (AvgIpc) is 2.41. The van der Waals surface area contributed by atoms with Gasteiger partial charge in [0.05, 0.1) is 18.3 Å². The maximum Gasteiger partial charge on any atom is 0.334 e. The van der Waals surface area contributed by atoms with E-state index in [1.165, 1.54) is 0 Å². The zero-order chi connectivity index (χ0) is 17.9. The maximum absolute atomic E-state index is 11.7. The molecule has 1 atom stereocenters. The molecule has 0 radical (unpaired) electrons. The van der Waals surface area contributed by atoms with Gasteiger partial charge in [0.1, 0.15) is 6.61 Å². The second kappa shape index (κ2) is 11.2. The molecule has 0 aromatic rings. The molecular weight excluding hydrogens is 320 g/mol. The fourth-order valence-electron chi connectivity index (χ4n) is 1.82. The van der Waals surface area contributed by atoms with Crippen molar-refractivity contribution >= 4 is 21.8 Å². The Hall–Kier alpha value is -1.37. The van der Waals surface area contributed by atoms with Gasteiger partial charge < -0.3 is 9.47 Å². The first-order chi connectivity index (χ1) is 10.7. The predicted molar refractivity (Wildman–Crippen MR) is 88.7 cm³/mol. The summed E-state index contributed by atoms with van der Waals surface area (Å²) in [5, 5.41) is 0. The molecule has 0 saturated carbocycles. The number of carbonyl (C=O) groups excluding carboxylic acids is 2. The molecule has 23 heavy (non-hydrogen) atoms. The second-order valence-corrected chi connectivity index (χ2v) is 7.96. The van der Waals surface area contributed by atoms with Crippen LogP contribution < -0.4 is 0 Å². The maximum atomic E-state index is 11.7. The lowest BCUT2D eigenvalue weighted by Gasteiger charge is -2.13. The molecule has 7 heteroatoms. The number of hydrogen-bond acceptors (Lipinski definition) is 6. The van der Waals surface area contributed by atoms with Gasteiger partial charge in [-0.25, -0.2) is 13.2 Å². The van der Waals surface area contributed by atoms with E-state index in [4.69, 9.17) is 9.47 Å². The lowest BCUT2D eigenvalue weighted by molar-refractivity contribution is -0.149. The molecule has 0 spiro atoms. The summed E-state index contributed by atoms with van der Waals surface area (Å²) in [7, 11) is -3.20. The molecule has 0 rings (SSSR count). The quantitative estimate of drug-likeness (QED) is 0.306. The summed E-state index contributed by atoms with van der Waals surface area (Å²) in [5.74, 6) is -1.56. The second-order valence-electron chi connectivity index (χ2n) is 5.70. The Bertz CT molecular complexity index is 495. The molecule has 0 saturated heterocycles. The Morgan fingerprint density at radius 2 is 1.83 bits per heavy atom. The summed E-state index contributed by atoms with van der Waals surface area (Å²) in [5.41, 5.74) is -0.0401. The molecule has 0 fully saturated rings. The third kappa shape index (κ3) is 12.8. The summed E-state index contributed by atoms with van der Waals surface area (Å²) >= 11 is 0. The van der Waals surface area contributed by atoms with E-state index in [0.717, 1.165) is 38.4 Å². The Labute approximate surface area is 139 Å². The molecule has 134 valence electrons. The van der Waals surface area contributed by atoms with E-state index < -0.39 is 21.8 Å². The van der Waals surface area contributed by atoms with Crippen LogP contribution in [0.5, 0.6) is 0 Å². The van der Waals surface area contributed by atoms with E-state index in [1.807, 2.05) is 6.92 Å². The largest absolute Gasteiger partial charge is 0.462 e. The van der Waals surface area contributed by atoms with Gasteiger partial charge in [-0.05, 0) is 19.8 Å². The summed E-state index contributed by atoms with van der Waals surface area (Å²) in [4.78, 5) is 23.3. The topological polar surface area (TPSA) is 86.7 Å². The van der Waals surface area contributed by atoms with Crippen LogP contribution in [0.1, 0.15) is 52.4 Å². The lowest BCUT2D eigenvalue weighted by Crippen LogP contribution is -2.19. The van der Waals surface area contributed by atoms with Crippen LogP contribution in [0.15, 0.2) is 12.2 Å². The van der Waals surface area contributed by atoms with Gasteiger partial charge in [0.15, 0.2) is 9.84 Å². The molecule has 0 aromatic carbocycles. The van der Waals surface area contributed by atoms with Gasteiger partial charge in [-0.1, -0.05) is 32.8 Å². The van der Waals surface area contributed by atoms with Gasteiger partial charge in [-0.15, -0.1) is 0 Å². The number of sulfone groups is 1. The minimum atomic E-state index is -3.20. The highest BCUT2D eigenvalue weighted by Gasteiger charge is 2.17. The van der Waals surface area contributed by atoms with Crippen LogP contribution in [0.25, 0.3) is 0 Å². The number of unbranched alkanes of at least 4 members (excludes halogenated alkanes) is 3. The summed E-state index contributed by atoms with van der Waals surface area (Å²) < 4.78 is 31.8. The summed E-state index contributed by atoms with van der Waals surface area (Å²) in [6.07, 6.45) is 5.80. The Balaban J connectivity index is 3.99. The SMILES string of the molecule is C=C(CC(=O)O[C@H](C)CCCCCC)C(=O)OCCS(C)(=O)=O. The van der Waals surface area contributed by atoms with Crippen molar-refractivity contribution in [3.8, 4) is 0 Å². The highest BCUT2D eigenvalue weighted by molar-refractivity contribution is 7.90. The third-order valence-electron chi connectivity index (χ3n) is 3.13. The smallest absolute Gasteiger partial charge is 0.334 e. The molecule has 0 aromatic heterocycles. The van der Waals surface area contributed by atoms with Crippen molar-refractivity contribution in [2.24, 2.45) is 0 Å². The molecule has 0 bridgehead atoms. The molecule has 0 N–H and O–H groups in total. The molecule has 0 aliphatic rings. The van der Waals surface area contributed by atoms with Crippen LogP contribution >= 0.6 is 0 Å². The molecule has 0 aliphatic carbocycles. The standard InChI is InChI=1S/C16H28O6S/c1-5-6-7-8-9-14(3)22-15(17)12-13(2)16(18)21-10-11-23(4,19)20/h14H,2,5-12H2,1,3-4H3/t14-/m1/s1. The molecule has 0 unspecified atom stereocenters. The Morgan fingerprint density at radius 1 is 1.17 bits per heavy atom. The fourth-order valence-corrected chi connectivity index (χ4v) is 2.20. The number of esters is 2. The minimum absolute atomic E-state index is 0.0401. The molecule has 6 nitrogen and oxygen atoms in total. The minimum Gasteiger partial charge on any atom is -0.462 e. The van der Waals surface area contributed by atoms with Crippen molar-refractivity contribution in [1.82, 2.24) is 0 Å². The molecule has 0 amide bonds. The van der Waals surface area contributed by atoms with Crippen LogP contribution in [0.2, 0.25) is 0 Å². The van der Waals surface area contributed by atoms with Crippen LogP contribution in [-0.2, 0) is 28.9 Å². The van der Waals surface area contributed by atoms with Gasteiger partial charge in [-0.3, -0.25) is 4.79 Å². The van der Waals surface area contributed by atoms with Gasteiger partial charge in [0.2, 0.25) is 0 Å². The van der Waals surface area contributed by atoms with Crippen molar-refractivity contribution in [2.45, 2.75) is 58.5 Å². The predicted octanol–water partition coefficient (Wildman–Crippen LogP) is 2.42. The first-order valence-corrected chi connectivity index (χ1v) is 9.94. The molecular formula is C16H28O6S. The fraction of sp³-hybridized carbons (Fsp3) is 0.750. The summed E-state index contributed by atoms with van der Waals surface area (Å²) in [6.45, 7) is 7.17. The number of carbonyl (C=O) groups is 2. The molecule has 0 heterocycles. The van der Waals surface area contributed by atoms with Gasteiger partial charge in [0, 0.05) is 11.8 Å². The Morgan fingerprint density at radius 3 is 2.39 bits per heavy atom. The van der Waals surface area contributed by atoms with Crippen LogP contribution in [0, 0.1) is 0 Å². The normalized spacial score (nSPS) is 12.5. The van der Waals surface area contributed by atoms with E-state index in [-0.39, 0.29) is 30.5 Å². The highest BCUT2D eigenvalue weighted by Crippen LogP contribution is 2.10. The van der Waals surface area contributed by atoms with Crippen LogP contribution in [0.4, 0.5) is 0 Å². The molecule has 0 aliphatic heterocycles. The number of hydrogen-bond donors (Lipinski definition) is 0. The van der Waals surface area contributed by atoms with Gasteiger partial charge >= 0.3 is 11.9 Å². The van der Waals surface area contributed by atoms with Crippen molar-refractivity contribution in [3.05, 3.63) is 12.2 Å². The van der Waals surface area contributed by atoms with E-state index in [0.29, 0.717) is 0 Å². The van der Waals surface area contributed by atoms with Gasteiger partial charge in [0.25, 0.3) is 0 Å². The van der Waals surface area contributed by atoms with Crippen molar-refractivity contribution in [1.29, 1.82) is 0 Å². The lowest BCUT2D eigenvalue weighted by atomic mass is 10.1. The first-order valence-electron chi connectivity index (χ1n) is 7.87. The highest BCUT2D eigenvalue weighted by atomic mass is 32.2. The average molecular weight is 348 g/mol. The number of rotatable bonds is 12. The van der Waals surface area contributed by atoms with E-state index in [9.17, 15) is 18.0 Å². The zero-order valence-electron chi connectivity index (χ0n) is 14.3. The van der Waals surface area contributed by atoms with Crippen molar-refractivity contribution in [2.75, 3.05) is 18.6 Å². The van der Waals surface area contributed by atoms with Gasteiger partial charge in [-0.2, -0.15) is 0 Å². The van der Waals surface area contributed by atoms with Crippen molar-refractivity contribution < 1.29 is 27.5 Å². The Kier molecular flexibility index (Phi) is 10.5. The van der Waals surface area contributed by atoms with Crippen LogP contribution in [0.3, 0.4) is 0 Å². The third-order valence-corrected chi connectivity index (χ3v) is 4.04. The number of ether oxygens (including phenoxy) is 2. The zero-order valence-corrected chi connectivity index (χ0v) is 15.1.